The fourth-order valence-corrected chi connectivity index (χ4v) is 3.95. The molecule has 0 amide bonds. The topological polar surface area (TPSA) is 82.1 Å². The van der Waals surface area contributed by atoms with Crippen LogP contribution in [0.25, 0.3) is 16.7 Å². The van der Waals surface area contributed by atoms with Crippen molar-refractivity contribution in [3.63, 3.8) is 0 Å². The van der Waals surface area contributed by atoms with Crippen LogP contribution in [0.3, 0.4) is 0 Å². The van der Waals surface area contributed by atoms with Crippen molar-refractivity contribution >= 4 is 16.7 Å². The van der Waals surface area contributed by atoms with Crippen molar-refractivity contribution in [2.24, 2.45) is 0 Å². The third-order valence-corrected chi connectivity index (χ3v) is 5.14. The van der Waals surface area contributed by atoms with Gasteiger partial charge in [-0.25, -0.2) is 9.37 Å². The molecule has 1 unspecified atom stereocenters. The molecule has 2 N–H and O–H groups in total. The predicted octanol–water partition coefficient (Wildman–Crippen LogP) is 2.68. The van der Waals surface area contributed by atoms with Crippen LogP contribution >= 0.6 is 0 Å². The van der Waals surface area contributed by atoms with E-state index >= 15 is 0 Å². The highest BCUT2D eigenvalue weighted by Crippen LogP contribution is 2.32. The molecule has 138 valence electrons. The Balaban J connectivity index is 1.46. The number of likely N-dealkylation sites (tertiary alicyclic amines) is 1. The van der Waals surface area contributed by atoms with E-state index < -0.39 is 0 Å². The number of hydrogen-bond donors (Lipinski definition) is 2. The highest BCUT2D eigenvalue weighted by atomic mass is 19.1. The van der Waals surface area contributed by atoms with Gasteiger partial charge in [-0.05, 0) is 38.4 Å². The average Bonchev–Trinajstić information content (AvgIpc) is 3.32. The Morgan fingerprint density at radius 2 is 2.15 bits per heavy atom. The maximum Gasteiger partial charge on any atom is 0.274 e. The molecule has 0 spiro atoms. The summed E-state index contributed by atoms with van der Waals surface area (Å²) in [7, 11) is 0. The van der Waals surface area contributed by atoms with Gasteiger partial charge in [-0.1, -0.05) is 0 Å². The van der Waals surface area contributed by atoms with Crippen LogP contribution in [0.2, 0.25) is 0 Å². The molecule has 0 radical (unpaired) electrons. The lowest BCUT2D eigenvalue weighted by Crippen LogP contribution is -2.26. The third kappa shape index (κ3) is 2.82. The summed E-state index contributed by atoms with van der Waals surface area (Å²) >= 11 is 0. The van der Waals surface area contributed by atoms with E-state index in [4.69, 9.17) is 0 Å². The molecule has 3 aromatic heterocycles. The fourth-order valence-electron chi connectivity index (χ4n) is 3.95. The van der Waals surface area contributed by atoms with Gasteiger partial charge in [0, 0.05) is 30.4 Å². The predicted molar refractivity (Wildman–Crippen MR) is 99.0 cm³/mol. The summed E-state index contributed by atoms with van der Waals surface area (Å²) in [5.41, 5.74) is 3.69. The molecule has 1 atom stereocenters. The van der Waals surface area contributed by atoms with E-state index in [1.54, 1.807) is 12.1 Å². The minimum atomic E-state index is -0.286. The number of aromatic amines is 2. The van der Waals surface area contributed by atoms with Crippen LogP contribution in [0.15, 0.2) is 35.1 Å². The monoisotopic (exact) mass is 366 g/mol. The van der Waals surface area contributed by atoms with E-state index in [2.05, 4.69) is 25.0 Å². The highest BCUT2D eigenvalue weighted by molar-refractivity contribution is 5.75. The van der Waals surface area contributed by atoms with Crippen molar-refractivity contribution in [3.8, 4) is 0 Å². The number of aromatic nitrogens is 5. The number of aryl methyl sites for hydroxylation is 1. The smallest absolute Gasteiger partial charge is 0.274 e. The molecule has 1 aliphatic rings. The van der Waals surface area contributed by atoms with E-state index in [0.29, 0.717) is 17.7 Å². The molecule has 7 nitrogen and oxygen atoms in total. The quantitative estimate of drug-likeness (QED) is 0.584. The van der Waals surface area contributed by atoms with Crippen LogP contribution in [0.5, 0.6) is 0 Å². The molecule has 0 bridgehead atoms. The molecule has 4 heterocycles. The summed E-state index contributed by atoms with van der Waals surface area (Å²) in [6.45, 7) is 3.40. The zero-order chi connectivity index (χ0) is 18.5. The van der Waals surface area contributed by atoms with Crippen molar-refractivity contribution in [2.75, 3.05) is 6.54 Å². The van der Waals surface area contributed by atoms with Crippen LogP contribution in [-0.4, -0.2) is 36.0 Å². The van der Waals surface area contributed by atoms with Gasteiger partial charge in [0.1, 0.15) is 17.3 Å². The van der Waals surface area contributed by atoms with E-state index in [-0.39, 0.29) is 17.4 Å². The summed E-state index contributed by atoms with van der Waals surface area (Å²) in [6.07, 6.45) is 2.02. The van der Waals surface area contributed by atoms with Gasteiger partial charge >= 0.3 is 0 Å². The minimum absolute atomic E-state index is 0.117. The number of benzene rings is 1. The van der Waals surface area contributed by atoms with Gasteiger partial charge in [-0.15, -0.1) is 0 Å². The van der Waals surface area contributed by atoms with Gasteiger partial charge < -0.3 is 9.97 Å². The first-order chi connectivity index (χ1) is 13.1. The largest absolute Gasteiger partial charge is 0.342 e. The standard InChI is InChI=1S/C19H19FN6O/c1-11-7-17-21-13(9-18(27)26(17)24-11)10-25-6-2-3-16(25)19-22-14-5-4-12(20)8-15(14)23-19/h4-5,7-9,16,21H,2-3,6,10H2,1H3,(H,22,23). The van der Waals surface area contributed by atoms with Crippen molar-refractivity contribution in [3.05, 3.63) is 63.7 Å². The zero-order valence-electron chi connectivity index (χ0n) is 14.9. The molecule has 0 saturated carbocycles. The first-order valence-corrected chi connectivity index (χ1v) is 9.05. The first-order valence-electron chi connectivity index (χ1n) is 9.05. The number of fused-ring (bicyclic) bond motifs is 2. The zero-order valence-corrected chi connectivity index (χ0v) is 14.9. The maximum absolute atomic E-state index is 13.4. The molecule has 8 heteroatoms. The van der Waals surface area contributed by atoms with E-state index in [9.17, 15) is 9.18 Å². The van der Waals surface area contributed by atoms with Gasteiger partial charge in [-0.2, -0.15) is 9.61 Å². The van der Waals surface area contributed by atoms with Crippen molar-refractivity contribution in [1.29, 1.82) is 0 Å². The number of H-pyrrole nitrogens is 2. The molecule has 0 aliphatic carbocycles. The summed E-state index contributed by atoms with van der Waals surface area (Å²) in [4.78, 5) is 25.8. The van der Waals surface area contributed by atoms with Gasteiger partial charge in [0.25, 0.3) is 5.56 Å². The molecular formula is C19H19FN6O. The molecule has 27 heavy (non-hydrogen) atoms. The summed E-state index contributed by atoms with van der Waals surface area (Å²) in [5.74, 6) is 0.558. The number of nitrogens with zero attached hydrogens (tertiary/aromatic N) is 4. The summed E-state index contributed by atoms with van der Waals surface area (Å²) in [5, 5.41) is 4.19. The van der Waals surface area contributed by atoms with Crippen LogP contribution in [0.1, 0.15) is 36.1 Å². The number of nitrogens with one attached hydrogen (secondary N) is 2. The molecular weight excluding hydrogens is 347 g/mol. The Bertz CT molecular complexity index is 1210. The maximum atomic E-state index is 13.4. The van der Waals surface area contributed by atoms with E-state index in [1.807, 2.05) is 13.0 Å². The van der Waals surface area contributed by atoms with Crippen LogP contribution in [0, 0.1) is 12.7 Å². The Kier molecular flexibility index (Phi) is 3.61. The second kappa shape index (κ2) is 6.02. The summed E-state index contributed by atoms with van der Waals surface area (Å²) < 4.78 is 14.8. The lowest BCUT2D eigenvalue weighted by Gasteiger charge is -2.22. The summed E-state index contributed by atoms with van der Waals surface area (Å²) in [6, 6.07) is 8.18. The number of halogens is 1. The molecule has 1 saturated heterocycles. The van der Waals surface area contributed by atoms with Crippen molar-refractivity contribution in [1.82, 2.24) is 29.5 Å². The molecule has 4 aromatic rings. The minimum Gasteiger partial charge on any atom is -0.342 e. The molecule has 1 fully saturated rings. The lowest BCUT2D eigenvalue weighted by molar-refractivity contribution is 0.238. The number of hydrogen-bond acceptors (Lipinski definition) is 4. The highest BCUT2D eigenvalue weighted by Gasteiger charge is 2.29. The Hall–Kier alpha value is -3.00. The molecule has 1 aliphatic heterocycles. The van der Waals surface area contributed by atoms with Crippen LogP contribution in [0.4, 0.5) is 4.39 Å². The average molecular weight is 366 g/mol. The molecule has 1 aromatic carbocycles. The Labute approximate surface area is 153 Å². The van der Waals surface area contributed by atoms with Crippen molar-refractivity contribution in [2.45, 2.75) is 32.4 Å². The third-order valence-electron chi connectivity index (χ3n) is 5.14. The Morgan fingerprint density at radius 1 is 1.26 bits per heavy atom. The Morgan fingerprint density at radius 3 is 3.04 bits per heavy atom. The van der Waals surface area contributed by atoms with Crippen LogP contribution < -0.4 is 5.56 Å². The van der Waals surface area contributed by atoms with Gasteiger partial charge in [0.15, 0.2) is 0 Å². The molecule has 5 rings (SSSR count). The van der Waals surface area contributed by atoms with Gasteiger partial charge in [-0.3, -0.25) is 9.69 Å². The fraction of sp³-hybridized carbons (Fsp3) is 0.316. The number of imidazole rings is 1. The van der Waals surface area contributed by atoms with E-state index in [1.165, 1.54) is 16.6 Å². The number of rotatable bonds is 3. The van der Waals surface area contributed by atoms with Gasteiger partial charge in [0.2, 0.25) is 0 Å². The van der Waals surface area contributed by atoms with Crippen LogP contribution in [-0.2, 0) is 6.54 Å². The second-order valence-corrected chi connectivity index (χ2v) is 7.13. The van der Waals surface area contributed by atoms with Crippen molar-refractivity contribution < 1.29 is 4.39 Å². The first kappa shape index (κ1) is 16.2. The normalized spacial score (nSPS) is 18.1. The second-order valence-electron chi connectivity index (χ2n) is 7.13. The van der Waals surface area contributed by atoms with E-state index in [0.717, 1.165) is 42.1 Å². The van der Waals surface area contributed by atoms with Gasteiger partial charge in [0.05, 0.1) is 22.8 Å². The lowest BCUT2D eigenvalue weighted by atomic mass is 10.2. The SMILES string of the molecule is Cc1cc2[nH]c(CN3CCCC3c3nc4cc(F)ccc4[nH]3)cc(=O)n2n1.